The highest BCUT2D eigenvalue weighted by Crippen LogP contribution is 2.30. The van der Waals surface area contributed by atoms with E-state index in [0.29, 0.717) is 25.6 Å². The monoisotopic (exact) mass is 252 g/mol. The summed E-state index contributed by atoms with van der Waals surface area (Å²) in [5.74, 6) is 0.134. The number of halogens is 1. The molecule has 2 rings (SSSR count). The molecule has 0 bridgehead atoms. The van der Waals surface area contributed by atoms with E-state index in [-0.39, 0.29) is 5.91 Å². The van der Waals surface area contributed by atoms with Crippen molar-refractivity contribution in [2.24, 2.45) is 5.73 Å². The molecule has 0 atom stereocenters. The molecule has 0 spiro atoms. The summed E-state index contributed by atoms with van der Waals surface area (Å²) in [6.07, 6.45) is 2.61. The maximum absolute atomic E-state index is 11.9. The van der Waals surface area contributed by atoms with Crippen LogP contribution in [0.1, 0.15) is 24.8 Å². The Morgan fingerprint density at radius 2 is 2.12 bits per heavy atom. The van der Waals surface area contributed by atoms with Gasteiger partial charge in [0.25, 0.3) is 0 Å². The summed E-state index contributed by atoms with van der Waals surface area (Å²) in [5, 5.41) is 0.721. The van der Waals surface area contributed by atoms with E-state index >= 15 is 0 Å². The zero-order valence-electron chi connectivity index (χ0n) is 9.73. The maximum Gasteiger partial charge on any atom is 0.224 e. The fourth-order valence-corrected chi connectivity index (χ4v) is 2.08. The Kier molecular flexibility index (Phi) is 4.02. The molecule has 92 valence electrons. The smallest absolute Gasteiger partial charge is 0.224 e. The van der Waals surface area contributed by atoms with Gasteiger partial charge in [-0.05, 0) is 24.5 Å². The largest absolute Gasteiger partial charge is 0.335 e. The first-order chi connectivity index (χ1) is 8.22. The van der Waals surface area contributed by atoms with E-state index in [1.54, 1.807) is 0 Å². The zero-order chi connectivity index (χ0) is 12.3. The lowest BCUT2D eigenvalue weighted by Crippen LogP contribution is -2.33. The molecule has 1 saturated carbocycles. The minimum absolute atomic E-state index is 0.134. The number of amides is 1. The van der Waals surface area contributed by atoms with Crippen LogP contribution in [-0.4, -0.2) is 23.4 Å². The number of rotatable bonds is 5. The second-order valence-corrected chi connectivity index (χ2v) is 4.79. The van der Waals surface area contributed by atoms with E-state index < -0.39 is 0 Å². The van der Waals surface area contributed by atoms with Crippen molar-refractivity contribution in [3.05, 3.63) is 34.9 Å². The number of hydrogen-bond acceptors (Lipinski definition) is 2. The summed E-state index contributed by atoms with van der Waals surface area (Å²) < 4.78 is 0. The molecule has 1 aromatic carbocycles. The van der Waals surface area contributed by atoms with Gasteiger partial charge in [0, 0.05) is 30.6 Å². The molecule has 0 aromatic heterocycles. The minimum Gasteiger partial charge on any atom is -0.335 e. The predicted molar refractivity (Wildman–Crippen MR) is 68.7 cm³/mol. The molecular weight excluding hydrogens is 236 g/mol. The Labute approximate surface area is 107 Å². The van der Waals surface area contributed by atoms with E-state index in [1.165, 1.54) is 0 Å². The van der Waals surface area contributed by atoms with Crippen LogP contribution in [0.15, 0.2) is 24.3 Å². The van der Waals surface area contributed by atoms with E-state index in [4.69, 9.17) is 17.3 Å². The first kappa shape index (κ1) is 12.4. The van der Waals surface area contributed by atoms with Crippen molar-refractivity contribution in [3.8, 4) is 0 Å². The highest BCUT2D eigenvalue weighted by Gasteiger charge is 2.32. The molecule has 1 aliphatic carbocycles. The molecule has 1 aromatic rings. The number of carbonyl (C=O) groups is 1. The van der Waals surface area contributed by atoms with Gasteiger partial charge in [0.1, 0.15) is 0 Å². The number of nitrogens with two attached hydrogens (primary N) is 1. The highest BCUT2D eigenvalue weighted by atomic mass is 35.5. The van der Waals surface area contributed by atoms with Crippen LogP contribution in [0.25, 0.3) is 0 Å². The van der Waals surface area contributed by atoms with Crippen molar-refractivity contribution in [2.75, 3.05) is 6.54 Å². The molecule has 17 heavy (non-hydrogen) atoms. The van der Waals surface area contributed by atoms with Gasteiger partial charge in [-0.25, -0.2) is 0 Å². The Bertz CT molecular complexity index is 404. The summed E-state index contributed by atoms with van der Waals surface area (Å²) in [5.41, 5.74) is 6.44. The van der Waals surface area contributed by atoms with Gasteiger partial charge in [0.05, 0.1) is 0 Å². The fraction of sp³-hybridized carbons (Fsp3) is 0.462. The average molecular weight is 253 g/mol. The maximum atomic E-state index is 11.9. The molecule has 0 radical (unpaired) electrons. The van der Waals surface area contributed by atoms with E-state index in [9.17, 15) is 4.79 Å². The Morgan fingerprint density at radius 3 is 2.71 bits per heavy atom. The van der Waals surface area contributed by atoms with Gasteiger partial charge in [-0.2, -0.15) is 0 Å². The molecule has 0 heterocycles. The summed E-state index contributed by atoms with van der Waals surface area (Å²) >= 11 is 6.11. The van der Waals surface area contributed by atoms with Crippen LogP contribution in [0.5, 0.6) is 0 Å². The van der Waals surface area contributed by atoms with Gasteiger partial charge < -0.3 is 10.6 Å². The van der Waals surface area contributed by atoms with E-state index in [0.717, 1.165) is 23.4 Å². The lowest BCUT2D eigenvalue weighted by Gasteiger charge is -2.22. The van der Waals surface area contributed by atoms with Crippen molar-refractivity contribution in [1.29, 1.82) is 0 Å². The summed E-state index contributed by atoms with van der Waals surface area (Å²) in [4.78, 5) is 13.9. The Hall–Kier alpha value is -1.06. The Morgan fingerprint density at radius 1 is 1.41 bits per heavy atom. The SMILES string of the molecule is NCCC(=O)N(Cc1ccccc1Cl)C1CC1. The van der Waals surface area contributed by atoms with Crippen LogP contribution >= 0.6 is 11.6 Å². The van der Waals surface area contributed by atoms with Gasteiger partial charge in [-0.15, -0.1) is 0 Å². The summed E-state index contributed by atoms with van der Waals surface area (Å²) in [6.45, 7) is 1.01. The number of hydrogen-bond donors (Lipinski definition) is 1. The summed E-state index contributed by atoms with van der Waals surface area (Å²) in [7, 11) is 0. The molecule has 1 aliphatic rings. The number of nitrogens with zero attached hydrogens (tertiary/aromatic N) is 1. The molecule has 1 amide bonds. The normalized spacial score (nSPS) is 14.7. The first-order valence-electron chi connectivity index (χ1n) is 5.95. The van der Waals surface area contributed by atoms with E-state index in [2.05, 4.69) is 0 Å². The van der Waals surface area contributed by atoms with Gasteiger partial charge in [-0.1, -0.05) is 29.8 Å². The molecule has 4 heteroatoms. The fourth-order valence-electron chi connectivity index (χ4n) is 1.88. The van der Waals surface area contributed by atoms with Crippen molar-refractivity contribution >= 4 is 17.5 Å². The van der Waals surface area contributed by atoms with Gasteiger partial charge in [-0.3, -0.25) is 4.79 Å². The van der Waals surface area contributed by atoms with Crippen molar-refractivity contribution in [3.63, 3.8) is 0 Å². The number of carbonyl (C=O) groups excluding carboxylic acids is 1. The average Bonchev–Trinajstić information content (AvgIpc) is 3.12. The standard InChI is InChI=1S/C13H17ClN2O/c14-12-4-2-1-3-10(12)9-16(11-5-6-11)13(17)7-8-15/h1-4,11H,5-9,15H2. The van der Waals surface area contributed by atoms with Gasteiger partial charge >= 0.3 is 0 Å². The van der Waals surface area contributed by atoms with E-state index in [1.807, 2.05) is 29.2 Å². The zero-order valence-corrected chi connectivity index (χ0v) is 10.5. The first-order valence-corrected chi connectivity index (χ1v) is 6.33. The lowest BCUT2D eigenvalue weighted by molar-refractivity contribution is -0.132. The van der Waals surface area contributed by atoms with Crippen molar-refractivity contribution < 1.29 is 4.79 Å². The summed E-state index contributed by atoms with van der Waals surface area (Å²) in [6, 6.07) is 8.06. The molecule has 0 saturated heterocycles. The van der Waals surface area contributed by atoms with Crippen molar-refractivity contribution in [2.45, 2.75) is 31.8 Å². The predicted octanol–water partition coefficient (Wildman–Crippen LogP) is 2.18. The molecular formula is C13H17ClN2O. The Balaban J connectivity index is 2.08. The second kappa shape index (κ2) is 5.52. The van der Waals surface area contributed by atoms with Crippen LogP contribution in [0.4, 0.5) is 0 Å². The van der Waals surface area contributed by atoms with Gasteiger partial charge in [0.2, 0.25) is 5.91 Å². The van der Waals surface area contributed by atoms with Crippen molar-refractivity contribution in [1.82, 2.24) is 4.90 Å². The molecule has 0 aliphatic heterocycles. The van der Waals surface area contributed by atoms with Crippen LogP contribution in [0.3, 0.4) is 0 Å². The molecule has 2 N–H and O–H groups in total. The van der Waals surface area contributed by atoms with Crippen LogP contribution < -0.4 is 5.73 Å². The van der Waals surface area contributed by atoms with Gasteiger partial charge in [0.15, 0.2) is 0 Å². The highest BCUT2D eigenvalue weighted by molar-refractivity contribution is 6.31. The third kappa shape index (κ3) is 3.20. The number of benzene rings is 1. The topological polar surface area (TPSA) is 46.3 Å². The quantitative estimate of drug-likeness (QED) is 0.873. The third-order valence-electron chi connectivity index (χ3n) is 2.96. The second-order valence-electron chi connectivity index (χ2n) is 4.38. The van der Waals surface area contributed by atoms with Crippen LogP contribution in [0.2, 0.25) is 5.02 Å². The van der Waals surface area contributed by atoms with Crippen LogP contribution in [0, 0.1) is 0 Å². The molecule has 3 nitrogen and oxygen atoms in total. The lowest BCUT2D eigenvalue weighted by atomic mass is 10.2. The minimum atomic E-state index is 0.134. The van der Waals surface area contributed by atoms with Crippen LogP contribution in [-0.2, 0) is 11.3 Å². The third-order valence-corrected chi connectivity index (χ3v) is 3.33. The molecule has 1 fully saturated rings. The molecule has 0 unspecified atom stereocenters.